The molecule has 2 aliphatic heterocycles. The van der Waals surface area contributed by atoms with Gasteiger partial charge >= 0.3 is 0 Å². The van der Waals surface area contributed by atoms with E-state index >= 15 is 0 Å². The molecule has 2 saturated heterocycles. The van der Waals surface area contributed by atoms with E-state index in [-0.39, 0.29) is 0 Å². The maximum Gasteiger partial charge on any atom is 0.0692 e. The average Bonchev–Trinajstić information content (AvgIpc) is 3.23. The number of rotatable bonds is 5. The number of hydrogen-bond donors (Lipinski definition) is 0. The summed E-state index contributed by atoms with van der Waals surface area (Å²) in [5.41, 5.74) is 1.16. The number of hydrogen-bond acceptors (Lipinski definition) is 5. The van der Waals surface area contributed by atoms with Crippen LogP contribution in [-0.4, -0.2) is 61.5 Å². The Balaban J connectivity index is 1.31. The summed E-state index contributed by atoms with van der Waals surface area (Å²) < 4.78 is 2.95. The van der Waals surface area contributed by atoms with Crippen molar-refractivity contribution in [3.8, 4) is 0 Å². The number of halogens is 1. The molecule has 0 amide bonds. The first-order valence-corrected chi connectivity index (χ1v) is 8.50. The monoisotopic (exact) mass is 362 g/mol. The van der Waals surface area contributed by atoms with Crippen molar-refractivity contribution < 1.29 is 0 Å². The molecule has 6 nitrogen and oxygen atoms in total. The lowest BCUT2D eigenvalue weighted by Gasteiger charge is -2.33. The van der Waals surface area contributed by atoms with Crippen molar-refractivity contribution in [2.75, 3.05) is 19.6 Å². The first-order chi connectivity index (χ1) is 10.8. The molecular weight excluding hydrogens is 344 g/mol. The molecule has 7 heteroatoms. The summed E-state index contributed by atoms with van der Waals surface area (Å²) in [4.78, 5) is 9.67. The highest BCUT2D eigenvalue weighted by atomic mass is 79.9. The van der Waals surface area contributed by atoms with Crippen molar-refractivity contribution in [3.05, 3.63) is 40.9 Å². The fourth-order valence-corrected chi connectivity index (χ4v) is 3.82. The van der Waals surface area contributed by atoms with Gasteiger partial charge in [0.25, 0.3) is 0 Å². The molecule has 2 aliphatic rings. The zero-order chi connectivity index (χ0) is 14.9. The zero-order valence-corrected chi connectivity index (χ0v) is 13.9. The van der Waals surface area contributed by atoms with Gasteiger partial charge in [-0.2, -0.15) is 0 Å². The Morgan fingerprint density at radius 1 is 1.14 bits per heavy atom. The van der Waals surface area contributed by atoms with Crippen LogP contribution in [0.3, 0.4) is 0 Å². The van der Waals surface area contributed by atoms with Gasteiger partial charge in [-0.05, 0) is 34.5 Å². The van der Waals surface area contributed by atoms with E-state index in [9.17, 15) is 0 Å². The number of pyridine rings is 1. The quantitative estimate of drug-likeness (QED) is 0.804. The first kappa shape index (κ1) is 14.3. The van der Waals surface area contributed by atoms with E-state index in [0.29, 0.717) is 12.1 Å². The highest BCUT2D eigenvalue weighted by molar-refractivity contribution is 9.10. The first-order valence-electron chi connectivity index (χ1n) is 7.70. The fraction of sp³-hybridized carbons (Fsp3) is 0.533. The number of aromatic nitrogens is 4. The van der Waals surface area contributed by atoms with Crippen LogP contribution in [0, 0.1) is 0 Å². The minimum atomic E-state index is 0.672. The van der Waals surface area contributed by atoms with Gasteiger partial charge in [0, 0.05) is 55.1 Å². The predicted molar refractivity (Wildman–Crippen MR) is 86.1 cm³/mol. The largest absolute Gasteiger partial charge is 0.296 e. The highest BCUT2D eigenvalue weighted by Crippen LogP contribution is 2.31. The molecule has 116 valence electrons. The number of likely N-dealkylation sites (tertiary alicyclic amines) is 2. The van der Waals surface area contributed by atoms with Gasteiger partial charge < -0.3 is 0 Å². The molecular formula is C15H19BrN6. The van der Waals surface area contributed by atoms with Crippen LogP contribution in [0.2, 0.25) is 0 Å². The molecule has 2 unspecified atom stereocenters. The van der Waals surface area contributed by atoms with Gasteiger partial charge in [-0.15, -0.1) is 5.10 Å². The van der Waals surface area contributed by atoms with Crippen LogP contribution < -0.4 is 0 Å². The molecule has 0 N–H and O–H groups in total. The maximum atomic E-state index is 4.49. The third-order valence-electron chi connectivity index (χ3n) is 4.71. The van der Waals surface area contributed by atoms with E-state index in [4.69, 9.17) is 0 Å². The molecule has 0 saturated carbocycles. The molecule has 2 fully saturated rings. The standard InChI is InChI=1S/C15H19BrN6/c16-12-1-2-13(17-8-12)9-21-11-14-7-15(21)10-20(14)5-6-22-4-3-18-19-22/h1-4,8,14-15H,5-7,9-11H2. The van der Waals surface area contributed by atoms with Crippen molar-refractivity contribution in [3.63, 3.8) is 0 Å². The molecule has 2 aromatic heterocycles. The van der Waals surface area contributed by atoms with Crippen molar-refractivity contribution in [2.45, 2.75) is 31.6 Å². The molecule has 2 atom stereocenters. The SMILES string of the molecule is Brc1ccc(CN2CC3CC2CN3CCn2ccnn2)nc1. The van der Waals surface area contributed by atoms with Gasteiger partial charge in [-0.25, -0.2) is 0 Å². The molecule has 0 aromatic carbocycles. The highest BCUT2D eigenvalue weighted by Gasteiger charge is 2.42. The number of fused-ring (bicyclic) bond motifs is 2. The minimum absolute atomic E-state index is 0.672. The van der Waals surface area contributed by atoms with Crippen LogP contribution in [0.25, 0.3) is 0 Å². The second-order valence-electron chi connectivity index (χ2n) is 6.10. The van der Waals surface area contributed by atoms with Crippen LogP contribution in [0.1, 0.15) is 12.1 Å². The number of piperazine rings is 1. The van der Waals surface area contributed by atoms with Crippen molar-refractivity contribution >= 4 is 15.9 Å². The van der Waals surface area contributed by atoms with Crippen LogP contribution in [-0.2, 0) is 13.1 Å². The topological polar surface area (TPSA) is 50.1 Å². The Morgan fingerprint density at radius 2 is 2.00 bits per heavy atom. The summed E-state index contributed by atoms with van der Waals surface area (Å²) in [5.74, 6) is 0. The Morgan fingerprint density at radius 3 is 2.68 bits per heavy atom. The van der Waals surface area contributed by atoms with Crippen molar-refractivity contribution in [2.24, 2.45) is 0 Å². The van der Waals surface area contributed by atoms with E-state index in [1.54, 1.807) is 6.20 Å². The van der Waals surface area contributed by atoms with Gasteiger partial charge in [0.05, 0.1) is 18.4 Å². The molecule has 0 radical (unpaired) electrons. The van der Waals surface area contributed by atoms with Crippen LogP contribution in [0.4, 0.5) is 0 Å². The van der Waals surface area contributed by atoms with E-state index in [0.717, 1.165) is 42.9 Å². The van der Waals surface area contributed by atoms with Gasteiger partial charge in [0.2, 0.25) is 0 Å². The summed E-state index contributed by atoms with van der Waals surface area (Å²) in [6, 6.07) is 5.54. The van der Waals surface area contributed by atoms with Crippen molar-refractivity contribution in [1.82, 2.24) is 29.8 Å². The van der Waals surface area contributed by atoms with Crippen molar-refractivity contribution in [1.29, 1.82) is 0 Å². The molecule has 4 rings (SSSR count). The maximum absolute atomic E-state index is 4.49. The molecule has 4 heterocycles. The summed E-state index contributed by atoms with van der Waals surface area (Å²) in [6.07, 6.45) is 6.84. The third kappa shape index (κ3) is 2.93. The molecule has 2 bridgehead atoms. The fourth-order valence-electron chi connectivity index (χ4n) is 3.59. The lowest BCUT2D eigenvalue weighted by atomic mass is 10.2. The summed E-state index contributed by atoms with van der Waals surface area (Å²) in [5, 5.41) is 7.89. The lowest BCUT2D eigenvalue weighted by Crippen LogP contribution is -2.46. The normalized spacial score (nSPS) is 25.1. The van der Waals surface area contributed by atoms with Gasteiger partial charge in [-0.3, -0.25) is 19.5 Å². The minimum Gasteiger partial charge on any atom is -0.296 e. The zero-order valence-electron chi connectivity index (χ0n) is 12.3. The Kier molecular flexibility index (Phi) is 3.94. The Hall–Kier alpha value is -1.31. The molecule has 0 aliphatic carbocycles. The molecule has 2 aromatic rings. The van der Waals surface area contributed by atoms with E-state index in [2.05, 4.69) is 53.2 Å². The van der Waals surface area contributed by atoms with Gasteiger partial charge in [-0.1, -0.05) is 5.21 Å². The number of nitrogens with zero attached hydrogens (tertiary/aromatic N) is 6. The Bertz CT molecular complexity index is 613. The van der Waals surface area contributed by atoms with Gasteiger partial charge in [0.15, 0.2) is 0 Å². The van der Waals surface area contributed by atoms with E-state index in [1.807, 2.05) is 17.1 Å². The third-order valence-corrected chi connectivity index (χ3v) is 5.18. The van der Waals surface area contributed by atoms with Crippen LogP contribution in [0.5, 0.6) is 0 Å². The predicted octanol–water partition coefficient (Wildman–Crippen LogP) is 1.39. The second-order valence-corrected chi connectivity index (χ2v) is 7.02. The van der Waals surface area contributed by atoms with E-state index in [1.165, 1.54) is 6.42 Å². The smallest absolute Gasteiger partial charge is 0.0692 e. The van der Waals surface area contributed by atoms with Crippen LogP contribution >= 0.6 is 15.9 Å². The van der Waals surface area contributed by atoms with Gasteiger partial charge in [0.1, 0.15) is 0 Å². The molecule has 0 spiro atoms. The Labute approximate surface area is 138 Å². The summed E-state index contributed by atoms with van der Waals surface area (Å²) in [6.45, 7) is 5.27. The summed E-state index contributed by atoms with van der Waals surface area (Å²) in [7, 11) is 0. The second kappa shape index (κ2) is 6.06. The molecule has 22 heavy (non-hydrogen) atoms. The van der Waals surface area contributed by atoms with E-state index < -0.39 is 0 Å². The average molecular weight is 363 g/mol. The summed E-state index contributed by atoms with van der Waals surface area (Å²) >= 11 is 3.44. The lowest BCUT2D eigenvalue weighted by molar-refractivity contribution is 0.118. The van der Waals surface area contributed by atoms with Crippen LogP contribution in [0.15, 0.2) is 35.2 Å².